The van der Waals surface area contributed by atoms with E-state index in [4.69, 9.17) is 0 Å². The number of carbonyl (C=O) groups excluding carboxylic acids is 2. The molecular formula is C12H24N2O3. The SMILES string of the molecule is CCCN(CCCC(=O)N(C)C)CC(=O)OC. The summed E-state index contributed by atoms with van der Waals surface area (Å²) >= 11 is 0. The molecule has 0 N–H and O–H groups in total. The van der Waals surface area contributed by atoms with Crippen LogP contribution >= 0.6 is 0 Å². The van der Waals surface area contributed by atoms with E-state index < -0.39 is 0 Å². The van der Waals surface area contributed by atoms with Crippen molar-refractivity contribution in [3.8, 4) is 0 Å². The third kappa shape index (κ3) is 7.74. The summed E-state index contributed by atoms with van der Waals surface area (Å²) in [4.78, 5) is 26.1. The van der Waals surface area contributed by atoms with Gasteiger partial charge >= 0.3 is 5.97 Å². The summed E-state index contributed by atoms with van der Waals surface area (Å²) in [7, 11) is 4.89. The van der Waals surface area contributed by atoms with E-state index in [2.05, 4.69) is 11.7 Å². The maximum atomic E-state index is 11.4. The minimum atomic E-state index is -0.225. The number of amides is 1. The lowest BCUT2D eigenvalue weighted by Crippen LogP contribution is -2.33. The van der Waals surface area contributed by atoms with Gasteiger partial charge in [0.25, 0.3) is 0 Å². The first-order chi connectivity index (χ1) is 8.01. The number of hydrogen-bond acceptors (Lipinski definition) is 4. The zero-order valence-corrected chi connectivity index (χ0v) is 11.4. The number of methoxy groups -OCH3 is 1. The summed E-state index contributed by atoms with van der Waals surface area (Å²) in [5.74, 6) is -0.100. The molecule has 0 aliphatic heterocycles. The lowest BCUT2D eigenvalue weighted by Gasteiger charge is -2.20. The highest BCUT2D eigenvalue weighted by Crippen LogP contribution is 1.99. The Morgan fingerprint density at radius 1 is 1.18 bits per heavy atom. The highest BCUT2D eigenvalue weighted by atomic mass is 16.5. The van der Waals surface area contributed by atoms with Crippen molar-refractivity contribution >= 4 is 11.9 Å². The van der Waals surface area contributed by atoms with Crippen LogP contribution in [0.15, 0.2) is 0 Å². The molecule has 5 heteroatoms. The molecule has 0 unspecified atom stereocenters. The van der Waals surface area contributed by atoms with Crippen molar-refractivity contribution in [1.82, 2.24) is 9.80 Å². The minimum absolute atomic E-state index is 0.125. The molecule has 0 aliphatic carbocycles. The fourth-order valence-corrected chi connectivity index (χ4v) is 1.51. The topological polar surface area (TPSA) is 49.9 Å². The smallest absolute Gasteiger partial charge is 0.319 e. The van der Waals surface area contributed by atoms with Gasteiger partial charge in [0.2, 0.25) is 5.91 Å². The maximum absolute atomic E-state index is 11.4. The van der Waals surface area contributed by atoms with Crippen molar-refractivity contribution in [1.29, 1.82) is 0 Å². The van der Waals surface area contributed by atoms with Crippen LogP contribution in [0.3, 0.4) is 0 Å². The Morgan fingerprint density at radius 2 is 1.82 bits per heavy atom. The Hall–Kier alpha value is -1.10. The number of hydrogen-bond donors (Lipinski definition) is 0. The molecule has 0 atom stereocenters. The molecule has 100 valence electrons. The van der Waals surface area contributed by atoms with Gasteiger partial charge in [0, 0.05) is 20.5 Å². The Labute approximate surface area is 104 Å². The molecule has 0 rings (SSSR count). The second-order valence-corrected chi connectivity index (χ2v) is 4.24. The van der Waals surface area contributed by atoms with Crippen LogP contribution < -0.4 is 0 Å². The molecule has 0 radical (unpaired) electrons. The molecule has 0 aliphatic rings. The second-order valence-electron chi connectivity index (χ2n) is 4.24. The summed E-state index contributed by atoms with van der Waals surface area (Å²) in [5.41, 5.74) is 0. The molecule has 5 nitrogen and oxygen atoms in total. The van der Waals surface area contributed by atoms with E-state index in [0.29, 0.717) is 13.0 Å². The monoisotopic (exact) mass is 244 g/mol. The third-order valence-electron chi connectivity index (χ3n) is 2.48. The first-order valence-electron chi connectivity index (χ1n) is 6.00. The molecule has 0 aromatic rings. The molecule has 0 saturated carbocycles. The number of carbonyl (C=O) groups is 2. The maximum Gasteiger partial charge on any atom is 0.319 e. The standard InChI is InChI=1S/C12H24N2O3/c1-5-8-14(10-12(16)17-4)9-6-7-11(15)13(2)3/h5-10H2,1-4H3. The summed E-state index contributed by atoms with van der Waals surface area (Å²) in [6.45, 7) is 3.98. The van der Waals surface area contributed by atoms with Gasteiger partial charge in [-0.15, -0.1) is 0 Å². The Balaban J connectivity index is 3.92. The average Bonchev–Trinajstić information content (AvgIpc) is 2.28. The van der Waals surface area contributed by atoms with Crippen molar-refractivity contribution in [3.05, 3.63) is 0 Å². The zero-order valence-electron chi connectivity index (χ0n) is 11.4. The quantitative estimate of drug-likeness (QED) is 0.591. The molecule has 1 amide bonds. The van der Waals surface area contributed by atoms with Gasteiger partial charge in [0.1, 0.15) is 0 Å². The highest BCUT2D eigenvalue weighted by Gasteiger charge is 2.11. The minimum Gasteiger partial charge on any atom is -0.468 e. The number of ether oxygens (including phenoxy) is 1. The zero-order chi connectivity index (χ0) is 13.3. The van der Waals surface area contributed by atoms with E-state index in [9.17, 15) is 9.59 Å². The van der Waals surface area contributed by atoms with Gasteiger partial charge in [-0.25, -0.2) is 0 Å². The molecule has 0 spiro atoms. The second kappa shape index (κ2) is 8.98. The summed E-state index contributed by atoms with van der Waals surface area (Å²) < 4.78 is 4.64. The fourth-order valence-electron chi connectivity index (χ4n) is 1.51. The van der Waals surface area contributed by atoms with Gasteiger partial charge in [0.15, 0.2) is 0 Å². The van der Waals surface area contributed by atoms with E-state index in [1.54, 1.807) is 19.0 Å². The Morgan fingerprint density at radius 3 is 2.29 bits per heavy atom. The summed E-state index contributed by atoms with van der Waals surface area (Å²) in [5, 5.41) is 0. The Bertz CT molecular complexity index is 242. The number of rotatable bonds is 8. The van der Waals surface area contributed by atoms with Gasteiger partial charge in [-0.2, -0.15) is 0 Å². The molecule has 0 aromatic heterocycles. The summed E-state index contributed by atoms with van der Waals surface area (Å²) in [6.07, 6.45) is 2.28. The molecule has 0 fully saturated rings. The molecule has 17 heavy (non-hydrogen) atoms. The van der Waals surface area contributed by atoms with Crippen LogP contribution in [0.25, 0.3) is 0 Å². The van der Waals surface area contributed by atoms with Crippen LogP contribution in [-0.4, -0.2) is 62.5 Å². The lowest BCUT2D eigenvalue weighted by molar-refractivity contribution is -0.141. The van der Waals surface area contributed by atoms with Crippen molar-refractivity contribution in [2.45, 2.75) is 26.2 Å². The van der Waals surface area contributed by atoms with Crippen LogP contribution in [0.1, 0.15) is 26.2 Å². The van der Waals surface area contributed by atoms with Crippen LogP contribution in [0.5, 0.6) is 0 Å². The van der Waals surface area contributed by atoms with E-state index in [1.165, 1.54) is 7.11 Å². The number of nitrogens with zero attached hydrogens (tertiary/aromatic N) is 2. The van der Waals surface area contributed by atoms with Crippen LogP contribution in [0.2, 0.25) is 0 Å². The van der Waals surface area contributed by atoms with E-state index in [-0.39, 0.29) is 11.9 Å². The average molecular weight is 244 g/mol. The first kappa shape index (κ1) is 15.9. The van der Waals surface area contributed by atoms with E-state index in [1.807, 2.05) is 4.90 Å². The van der Waals surface area contributed by atoms with Gasteiger partial charge in [-0.1, -0.05) is 6.92 Å². The van der Waals surface area contributed by atoms with Crippen molar-refractivity contribution < 1.29 is 14.3 Å². The van der Waals surface area contributed by atoms with Gasteiger partial charge < -0.3 is 9.64 Å². The highest BCUT2D eigenvalue weighted by molar-refractivity contribution is 5.75. The van der Waals surface area contributed by atoms with E-state index >= 15 is 0 Å². The van der Waals surface area contributed by atoms with Crippen molar-refractivity contribution in [2.24, 2.45) is 0 Å². The lowest BCUT2D eigenvalue weighted by atomic mass is 10.2. The van der Waals surface area contributed by atoms with Crippen LogP contribution in [0.4, 0.5) is 0 Å². The fraction of sp³-hybridized carbons (Fsp3) is 0.833. The van der Waals surface area contributed by atoms with Gasteiger partial charge in [-0.05, 0) is 25.9 Å². The van der Waals surface area contributed by atoms with Crippen molar-refractivity contribution in [2.75, 3.05) is 40.8 Å². The Kier molecular flexibility index (Phi) is 8.40. The normalized spacial score (nSPS) is 10.4. The molecular weight excluding hydrogens is 220 g/mol. The van der Waals surface area contributed by atoms with Gasteiger partial charge in [-0.3, -0.25) is 14.5 Å². The molecule has 0 heterocycles. The predicted molar refractivity (Wildman–Crippen MR) is 66.7 cm³/mol. The molecule has 0 bridgehead atoms. The van der Waals surface area contributed by atoms with Crippen molar-refractivity contribution in [3.63, 3.8) is 0 Å². The summed E-state index contributed by atoms with van der Waals surface area (Å²) in [6, 6.07) is 0. The number of esters is 1. The largest absolute Gasteiger partial charge is 0.468 e. The van der Waals surface area contributed by atoms with E-state index in [0.717, 1.165) is 25.9 Å². The third-order valence-corrected chi connectivity index (χ3v) is 2.48. The molecule has 0 saturated heterocycles. The van der Waals surface area contributed by atoms with Crippen LogP contribution in [0, 0.1) is 0 Å². The first-order valence-corrected chi connectivity index (χ1v) is 6.00. The predicted octanol–water partition coefficient (Wildman–Crippen LogP) is 0.740. The van der Waals surface area contributed by atoms with Gasteiger partial charge in [0.05, 0.1) is 13.7 Å². The molecule has 0 aromatic carbocycles. The van der Waals surface area contributed by atoms with Crippen LogP contribution in [-0.2, 0) is 14.3 Å².